The molecule has 2 nitrogen and oxygen atoms in total. The lowest BCUT2D eigenvalue weighted by Gasteiger charge is -2.50. The number of hydrogen-bond acceptors (Lipinski definition) is 2. The number of likely N-dealkylation sites (tertiary alicyclic amines) is 1. The Kier molecular flexibility index (Phi) is 4.94. The fraction of sp³-hybridized carbons (Fsp3) is 1.00. The fourth-order valence-electron chi connectivity index (χ4n) is 4.24. The van der Waals surface area contributed by atoms with Crippen molar-refractivity contribution in [1.29, 1.82) is 0 Å². The van der Waals surface area contributed by atoms with Crippen molar-refractivity contribution in [3.05, 3.63) is 0 Å². The van der Waals surface area contributed by atoms with Crippen LogP contribution in [0, 0.1) is 11.3 Å². The minimum Gasteiger partial charge on any atom is -0.303 e. The summed E-state index contributed by atoms with van der Waals surface area (Å²) in [5.41, 5.74) is 0.486. The maximum absolute atomic E-state index is 2.65. The van der Waals surface area contributed by atoms with E-state index in [1.165, 1.54) is 51.6 Å². The smallest absolute Gasteiger partial charge is 0.0121 e. The van der Waals surface area contributed by atoms with E-state index in [1.807, 2.05) is 0 Å². The van der Waals surface area contributed by atoms with E-state index in [4.69, 9.17) is 0 Å². The van der Waals surface area contributed by atoms with E-state index < -0.39 is 0 Å². The molecule has 0 N–H and O–H groups in total. The first-order chi connectivity index (χ1) is 8.95. The van der Waals surface area contributed by atoms with E-state index in [1.54, 1.807) is 0 Å². The molecular weight excluding hydrogens is 232 g/mol. The summed E-state index contributed by atoms with van der Waals surface area (Å²) in [6, 6.07) is 1.59. The maximum Gasteiger partial charge on any atom is 0.0121 e. The zero-order chi connectivity index (χ0) is 14.0. The molecule has 1 saturated heterocycles. The fourth-order valence-corrected chi connectivity index (χ4v) is 4.24. The monoisotopic (exact) mass is 266 g/mol. The van der Waals surface area contributed by atoms with Gasteiger partial charge in [0.2, 0.25) is 0 Å². The molecule has 0 spiro atoms. The molecule has 0 amide bonds. The maximum atomic E-state index is 2.65. The van der Waals surface area contributed by atoms with Crippen molar-refractivity contribution >= 4 is 0 Å². The Morgan fingerprint density at radius 2 is 1.79 bits per heavy atom. The Morgan fingerprint density at radius 3 is 2.42 bits per heavy atom. The molecule has 0 aromatic heterocycles. The summed E-state index contributed by atoms with van der Waals surface area (Å²) in [6.07, 6.45) is 8.47. The van der Waals surface area contributed by atoms with Crippen molar-refractivity contribution in [2.75, 3.05) is 27.2 Å². The molecule has 1 aliphatic carbocycles. The third-order valence-electron chi connectivity index (χ3n) is 6.61. The largest absolute Gasteiger partial charge is 0.303 e. The van der Waals surface area contributed by atoms with E-state index in [0.717, 1.165) is 12.0 Å². The van der Waals surface area contributed by atoms with Gasteiger partial charge in [-0.2, -0.15) is 0 Å². The molecule has 1 heterocycles. The first-order valence-electron chi connectivity index (χ1n) is 8.35. The highest BCUT2D eigenvalue weighted by atomic mass is 15.2. The third kappa shape index (κ3) is 3.16. The molecule has 2 heteroatoms. The predicted molar refractivity (Wildman–Crippen MR) is 83.5 cm³/mol. The van der Waals surface area contributed by atoms with E-state index in [9.17, 15) is 0 Å². The molecule has 1 aliphatic heterocycles. The second-order valence-corrected chi connectivity index (χ2v) is 7.52. The summed E-state index contributed by atoms with van der Waals surface area (Å²) >= 11 is 0. The van der Waals surface area contributed by atoms with Gasteiger partial charge in [0.15, 0.2) is 0 Å². The summed E-state index contributed by atoms with van der Waals surface area (Å²) in [5, 5.41) is 0. The first-order valence-corrected chi connectivity index (χ1v) is 8.35. The number of hydrogen-bond donors (Lipinski definition) is 0. The quantitative estimate of drug-likeness (QED) is 0.767. The van der Waals surface area contributed by atoms with Gasteiger partial charge in [-0.3, -0.25) is 0 Å². The van der Waals surface area contributed by atoms with Crippen LogP contribution >= 0.6 is 0 Å². The molecule has 2 rings (SSSR count). The number of nitrogens with zero attached hydrogens (tertiary/aromatic N) is 2. The van der Waals surface area contributed by atoms with Crippen LogP contribution in [0.2, 0.25) is 0 Å². The van der Waals surface area contributed by atoms with Crippen molar-refractivity contribution in [3.63, 3.8) is 0 Å². The van der Waals surface area contributed by atoms with Gasteiger partial charge in [0.1, 0.15) is 0 Å². The van der Waals surface area contributed by atoms with Gasteiger partial charge in [0, 0.05) is 12.1 Å². The van der Waals surface area contributed by atoms with Crippen LogP contribution in [0.1, 0.15) is 59.3 Å². The van der Waals surface area contributed by atoms with Crippen LogP contribution < -0.4 is 0 Å². The van der Waals surface area contributed by atoms with Gasteiger partial charge in [0.05, 0.1) is 0 Å². The lowest BCUT2D eigenvalue weighted by molar-refractivity contribution is -0.00690. The number of piperidine rings is 1. The van der Waals surface area contributed by atoms with Crippen molar-refractivity contribution in [2.45, 2.75) is 71.4 Å². The molecule has 19 heavy (non-hydrogen) atoms. The summed E-state index contributed by atoms with van der Waals surface area (Å²) in [7, 11) is 4.65. The van der Waals surface area contributed by atoms with E-state index in [0.29, 0.717) is 11.5 Å². The van der Waals surface area contributed by atoms with E-state index in [2.05, 4.69) is 44.7 Å². The van der Waals surface area contributed by atoms with Crippen LogP contribution in [0.3, 0.4) is 0 Å². The zero-order valence-corrected chi connectivity index (χ0v) is 13.8. The van der Waals surface area contributed by atoms with Gasteiger partial charge < -0.3 is 9.80 Å². The molecule has 0 aromatic rings. The van der Waals surface area contributed by atoms with Crippen LogP contribution in [0.5, 0.6) is 0 Å². The van der Waals surface area contributed by atoms with Crippen molar-refractivity contribution in [1.82, 2.24) is 9.80 Å². The van der Waals surface area contributed by atoms with Gasteiger partial charge in [-0.1, -0.05) is 26.7 Å². The average molecular weight is 266 g/mol. The predicted octanol–water partition coefficient (Wildman–Crippen LogP) is 3.62. The molecule has 0 bridgehead atoms. The normalized spacial score (nSPS) is 38.2. The second-order valence-electron chi connectivity index (χ2n) is 7.52. The topological polar surface area (TPSA) is 6.48 Å². The minimum absolute atomic E-state index is 0.486. The zero-order valence-electron chi connectivity index (χ0n) is 13.8. The highest BCUT2D eigenvalue weighted by Gasteiger charge is 2.41. The van der Waals surface area contributed by atoms with E-state index in [-0.39, 0.29) is 0 Å². The Balaban J connectivity index is 1.91. The lowest BCUT2D eigenvalue weighted by Crippen LogP contribution is -2.52. The Bertz CT molecular complexity index is 285. The Hall–Kier alpha value is -0.0800. The van der Waals surface area contributed by atoms with Crippen LogP contribution in [-0.2, 0) is 0 Å². The molecule has 2 fully saturated rings. The standard InChI is InChI=1S/C17H34N2/c1-14-10-12-18(4)15(2)17(14,3)11-13-19(5)16-8-6-7-9-16/h14-16H,6-13H2,1-5H3. The Morgan fingerprint density at radius 1 is 1.16 bits per heavy atom. The van der Waals surface area contributed by atoms with Gasteiger partial charge >= 0.3 is 0 Å². The van der Waals surface area contributed by atoms with Crippen LogP contribution in [0.4, 0.5) is 0 Å². The molecule has 3 atom stereocenters. The van der Waals surface area contributed by atoms with Crippen LogP contribution in [0.25, 0.3) is 0 Å². The van der Waals surface area contributed by atoms with Crippen LogP contribution in [-0.4, -0.2) is 49.1 Å². The minimum atomic E-state index is 0.486. The van der Waals surface area contributed by atoms with Gasteiger partial charge in [-0.15, -0.1) is 0 Å². The average Bonchev–Trinajstić information content (AvgIpc) is 2.92. The highest BCUT2D eigenvalue weighted by molar-refractivity contribution is 4.94. The SMILES string of the molecule is CC1CCN(C)C(C)C1(C)CCN(C)C1CCCC1. The van der Waals surface area contributed by atoms with Crippen molar-refractivity contribution in [2.24, 2.45) is 11.3 Å². The summed E-state index contributed by atoms with van der Waals surface area (Å²) < 4.78 is 0. The molecular formula is C17H34N2. The Labute approximate surface area is 120 Å². The number of rotatable bonds is 4. The summed E-state index contributed by atoms with van der Waals surface area (Å²) in [4.78, 5) is 5.21. The molecule has 1 saturated carbocycles. The molecule has 2 aliphatic rings. The van der Waals surface area contributed by atoms with Crippen LogP contribution in [0.15, 0.2) is 0 Å². The van der Waals surface area contributed by atoms with Crippen molar-refractivity contribution in [3.8, 4) is 0 Å². The van der Waals surface area contributed by atoms with Gasteiger partial charge in [-0.25, -0.2) is 0 Å². The first kappa shape index (κ1) is 15.3. The third-order valence-corrected chi connectivity index (χ3v) is 6.61. The highest BCUT2D eigenvalue weighted by Crippen LogP contribution is 2.42. The molecule has 0 radical (unpaired) electrons. The molecule has 3 unspecified atom stereocenters. The summed E-state index contributed by atoms with van der Waals surface area (Å²) in [6.45, 7) is 9.99. The lowest BCUT2D eigenvalue weighted by atomic mass is 9.66. The van der Waals surface area contributed by atoms with E-state index >= 15 is 0 Å². The summed E-state index contributed by atoms with van der Waals surface area (Å²) in [5.74, 6) is 0.857. The molecule has 0 aromatic carbocycles. The molecule has 112 valence electrons. The van der Waals surface area contributed by atoms with Gasteiger partial charge in [-0.05, 0) is 71.1 Å². The van der Waals surface area contributed by atoms with Gasteiger partial charge in [0.25, 0.3) is 0 Å². The van der Waals surface area contributed by atoms with Crippen molar-refractivity contribution < 1.29 is 0 Å². The second kappa shape index (κ2) is 6.13.